The number of benzene rings is 1. The highest BCUT2D eigenvalue weighted by Gasteiger charge is 2.03. The van der Waals surface area contributed by atoms with Gasteiger partial charge in [0.2, 0.25) is 0 Å². The molecule has 0 atom stereocenters. The lowest BCUT2D eigenvalue weighted by Gasteiger charge is -2.04. The largest absolute Gasteiger partial charge is 0.469 e. The van der Waals surface area contributed by atoms with Crippen LogP contribution in [0.2, 0.25) is 0 Å². The molecular formula is C12H15N3O2S. The van der Waals surface area contributed by atoms with E-state index in [0.29, 0.717) is 0 Å². The third-order valence-electron chi connectivity index (χ3n) is 2.28. The maximum Gasteiger partial charge on any atom is 0.309 e. The number of hydrogen-bond acceptors (Lipinski definition) is 4. The molecule has 0 saturated carbocycles. The number of hydrogen-bond donors (Lipinski definition) is 2. The van der Waals surface area contributed by atoms with Crippen LogP contribution < -0.4 is 11.2 Å². The van der Waals surface area contributed by atoms with Crippen LogP contribution in [0.15, 0.2) is 29.4 Å². The summed E-state index contributed by atoms with van der Waals surface area (Å²) in [6.07, 6.45) is 0.262. The van der Waals surface area contributed by atoms with Crippen molar-refractivity contribution in [2.75, 3.05) is 7.11 Å². The first-order valence-corrected chi connectivity index (χ1v) is 5.69. The molecule has 18 heavy (non-hydrogen) atoms. The number of nitrogens with zero attached hydrogens (tertiary/aromatic N) is 1. The fourth-order valence-corrected chi connectivity index (χ4v) is 1.35. The Hall–Kier alpha value is -1.95. The maximum absolute atomic E-state index is 11.1. The Bertz CT molecular complexity index is 469. The Morgan fingerprint density at radius 2 is 2.06 bits per heavy atom. The molecule has 3 N–H and O–H groups in total. The van der Waals surface area contributed by atoms with E-state index in [2.05, 4.69) is 27.5 Å². The second-order valence-corrected chi connectivity index (χ2v) is 4.06. The lowest BCUT2D eigenvalue weighted by Crippen LogP contribution is -2.25. The van der Waals surface area contributed by atoms with Crippen molar-refractivity contribution in [3.8, 4) is 0 Å². The number of ether oxygens (including phenoxy) is 1. The average Bonchev–Trinajstić information content (AvgIpc) is 2.36. The van der Waals surface area contributed by atoms with Gasteiger partial charge in [-0.05, 0) is 30.3 Å². The number of carbonyl (C=O) groups is 1. The molecule has 1 rings (SSSR count). The van der Waals surface area contributed by atoms with E-state index in [4.69, 9.17) is 5.73 Å². The molecule has 0 radical (unpaired) electrons. The molecule has 0 saturated heterocycles. The van der Waals surface area contributed by atoms with E-state index >= 15 is 0 Å². The zero-order valence-corrected chi connectivity index (χ0v) is 11.1. The molecule has 6 heteroatoms. The summed E-state index contributed by atoms with van der Waals surface area (Å²) in [6, 6.07) is 7.45. The summed E-state index contributed by atoms with van der Waals surface area (Å²) in [6.45, 7) is 1.83. The van der Waals surface area contributed by atoms with Crippen LogP contribution in [0.4, 0.5) is 0 Å². The van der Waals surface area contributed by atoms with E-state index in [1.165, 1.54) is 7.11 Å². The first-order valence-electron chi connectivity index (χ1n) is 5.28. The van der Waals surface area contributed by atoms with Crippen LogP contribution in [-0.2, 0) is 16.0 Å². The van der Waals surface area contributed by atoms with E-state index in [1.807, 2.05) is 31.2 Å². The molecular weight excluding hydrogens is 250 g/mol. The summed E-state index contributed by atoms with van der Waals surface area (Å²) >= 11 is 4.65. The quantitative estimate of drug-likeness (QED) is 0.367. The van der Waals surface area contributed by atoms with Gasteiger partial charge in [-0.2, -0.15) is 5.10 Å². The monoisotopic (exact) mass is 265 g/mol. The Kier molecular flexibility index (Phi) is 5.26. The van der Waals surface area contributed by atoms with Gasteiger partial charge in [0.1, 0.15) is 0 Å². The third-order valence-corrected chi connectivity index (χ3v) is 2.37. The first-order chi connectivity index (χ1) is 8.52. The van der Waals surface area contributed by atoms with Crippen LogP contribution in [0.25, 0.3) is 0 Å². The van der Waals surface area contributed by atoms with Gasteiger partial charge in [0, 0.05) is 0 Å². The fourth-order valence-electron chi connectivity index (χ4n) is 1.31. The molecule has 1 aromatic carbocycles. The van der Waals surface area contributed by atoms with Crippen molar-refractivity contribution in [2.45, 2.75) is 13.3 Å². The highest BCUT2D eigenvalue weighted by Crippen LogP contribution is 2.07. The Labute approximate surface area is 111 Å². The van der Waals surface area contributed by atoms with E-state index in [0.717, 1.165) is 16.8 Å². The lowest BCUT2D eigenvalue weighted by molar-refractivity contribution is -0.139. The van der Waals surface area contributed by atoms with Crippen molar-refractivity contribution in [1.82, 2.24) is 5.43 Å². The molecule has 5 nitrogen and oxygen atoms in total. The molecule has 0 aromatic heterocycles. The fraction of sp³-hybridized carbons (Fsp3) is 0.250. The van der Waals surface area contributed by atoms with Crippen LogP contribution in [0, 0.1) is 0 Å². The lowest BCUT2D eigenvalue weighted by atomic mass is 10.1. The average molecular weight is 265 g/mol. The van der Waals surface area contributed by atoms with Crippen LogP contribution >= 0.6 is 12.2 Å². The topological polar surface area (TPSA) is 76.7 Å². The van der Waals surface area contributed by atoms with Crippen molar-refractivity contribution in [1.29, 1.82) is 0 Å². The van der Waals surface area contributed by atoms with Gasteiger partial charge in [-0.1, -0.05) is 24.3 Å². The minimum Gasteiger partial charge on any atom is -0.469 e. The van der Waals surface area contributed by atoms with Crippen molar-refractivity contribution >= 4 is 29.0 Å². The van der Waals surface area contributed by atoms with Gasteiger partial charge in [-0.15, -0.1) is 0 Å². The number of esters is 1. The summed E-state index contributed by atoms with van der Waals surface area (Å²) in [7, 11) is 1.37. The number of thiocarbonyl (C=S) groups is 1. The van der Waals surface area contributed by atoms with Gasteiger partial charge >= 0.3 is 5.97 Å². The maximum atomic E-state index is 11.1. The zero-order chi connectivity index (χ0) is 13.5. The molecule has 0 bridgehead atoms. The molecule has 0 amide bonds. The Morgan fingerprint density at radius 3 is 2.56 bits per heavy atom. The number of hydrazone groups is 1. The summed E-state index contributed by atoms with van der Waals surface area (Å²) in [5.74, 6) is -0.261. The molecule has 96 valence electrons. The van der Waals surface area contributed by atoms with E-state index < -0.39 is 0 Å². The van der Waals surface area contributed by atoms with Gasteiger partial charge in [0.05, 0.1) is 19.2 Å². The zero-order valence-electron chi connectivity index (χ0n) is 10.3. The molecule has 1 aromatic rings. The number of methoxy groups -OCH3 is 1. The van der Waals surface area contributed by atoms with Crippen LogP contribution in [-0.4, -0.2) is 23.9 Å². The summed E-state index contributed by atoms with van der Waals surface area (Å²) in [5, 5.41) is 4.13. The van der Waals surface area contributed by atoms with Gasteiger partial charge < -0.3 is 10.5 Å². The minimum absolute atomic E-state index is 0.122. The van der Waals surface area contributed by atoms with Crippen LogP contribution in [0.3, 0.4) is 0 Å². The number of rotatable bonds is 4. The van der Waals surface area contributed by atoms with E-state index in [9.17, 15) is 4.79 Å². The van der Waals surface area contributed by atoms with Gasteiger partial charge in [-0.3, -0.25) is 10.2 Å². The van der Waals surface area contributed by atoms with Crippen molar-refractivity contribution in [2.24, 2.45) is 10.8 Å². The first kappa shape index (κ1) is 14.1. The van der Waals surface area contributed by atoms with E-state index in [-0.39, 0.29) is 17.5 Å². The molecule has 0 aliphatic rings. The Balaban J connectivity index is 2.73. The number of nitrogens with two attached hydrogens (primary N) is 1. The molecule has 0 aliphatic heterocycles. The predicted molar refractivity (Wildman–Crippen MR) is 74.3 cm³/mol. The molecule has 0 unspecified atom stereocenters. The van der Waals surface area contributed by atoms with Crippen molar-refractivity contribution < 1.29 is 9.53 Å². The molecule has 0 spiro atoms. The number of nitrogens with one attached hydrogen (secondary N) is 1. The molecule has 0 aliphatic carbocycles. The predicted octanol–water partition coefficient (Wildman–Crippen LogP) is 0.959. The second kappa shape index (κ2) is 6.70. The third kappa shape index (κ3) is 4.50. The normalized spacial score (nSPS) is 10.9. The van der Waals surface area contributed by atoms with Crippen LogP contribution in [0.1, 0.15) is 18.1 Å². The summed E-state index contributed by atoms with van der Waals surface area (Å²) in [4.78, 5) is 11.1. The van der Waals surface area contributed by atoms with Crippen molar-refractivity contribution in [3.05, 3.63) is 35.4 Å². The summed E-state index contributed by atoms with van der Waals surface area (Å²) in [5.41, 5.74) is 10.4. The van der Waals surface area contributed by atoms with E-state index in [1.54, 1.807) is 0 Å². The second-order valence-electron chi connectivity index (χ2n) is 3.62. The number of carbonyl (C=O) groups excluding carboxylic acids is 1. The standard InChI is InChI=1S/C12H15N3O2S/c1-8(14-15-12(13)18)10-5-3-9(4-6-10)7-11(16)17-2/h3-6H,7H2,1-2H3,(H3,13,15,18)/b14-8+. The highest BCUT2D eigenvalue weighted by molar-refractivity contribution is 7.80. The Morgan fingerprint density at radius 1 is 1.44 bits per heavy atom. The van der Waals surface area contributed by atoms with Gasteiger partial charge in [0.25, 0.3) is 0 Å². The molecule has 0 heterocycles. The molecule has 0 fully saturated rings. The van der Waals surface area contributed by atoms with Gasteiger partial charge in [-0.25, -0.2) is 0 Å². The van der Waals surface area contributed by atoms with Crippen molar-refractivity contribution in [3.63, 3.8) is 0 Å². The van der Waals surface area contributed by atoms with Gasteiger partial charge in [0.15, 0.2) is 5.11 Å². The summed E-state index contributed by atoms with van der Waals surface area (Å²) < 4.78 is 4.60. The smallest absolute Gasteiger partial charge is 0.309 e. The van der Waals surface area contributed by atoms with Crippen LogP contribution in [0.5, 0.6) is 0 Å². The SMILES string of the molecule is COC(=O)Cc1ccc(/C(C)=N/NC(N)=S)cc1. The minimum atomic E-state index is -0.261. The highest BCUT2D eigenvalue weighted by atomic mass is 32.1.